The number of aliphatic hydroxyl groups excluding tert-OH is 3. The summed E-state index contributed by atoms with van der Waals surface area (Å²) in [6.07, 6.45) is 1.76. The summed E-state index contributed by atoms with van der Waals surface area (Å²) < 4.78 is 19.6. The van der Waals surface area contributed by atoms with Crippen LogP contribution in [0.3, 0.4) is 0 Å². The van der Waals surface area contributed by atoms with E-state index in [2.05, 4.69) is 21.1 Å². The van der Waals surface area contributed by atoms with Gasteiger partial charge in [-0.05, 0) is 30.9 Å². The van der Waals surface area contributed by atoms with Gasteiger partial charge in [0, 0.05) is 56.1 Å². The number of nitriles is 1. The number of rotatable bonds is 12. The van der Waals surface area contributed by atoms with Crippen LogP contribution in [0.5, 0.6) is 5.75 Å². The maximum Gasteiger partial charge on any atom is 0.409 e. The standard InChI is InChI=1S/C36H42N8O10/c1-41(15-16-42(2)36(51)52-19-22-9-5-6-10-26(22)53-34-30(47)28(45)29(46)31(54-34)33(48)49)35(50)43-14-12-24-27(38-20-39-32(24)43)23-17-40-44(18-23)25(11-13-37)21-7-3-4-8-21/h5-6,9-10,12,14,17-18,20-21,25,28-31,34,45-47H,3-4,7-8,11,15-16,19H2,1-2H3,(H,48,49)/t25-,28+,29+,30-,31+,34-/m1/s1. The largest absolute Gasteiger partial charge is 0.479 e. The Labute approximate surface area is 309 Å². The van der Waals surface area contributed by atoms with Crippen LogP contribution in [0.1, 0.15) is 43.7 Å². The highest BCUT2D eigenvalue weighted by atomic mass is 16.7. The van der Waals surface area contributed by atoms with E-state index in [9.17, 15) is 40.1 Å². The third kappa shape index (κ3) is 7.99. The molecule has 286 valence electrons. The summed E-state index contributed by atoms with van der Waals surface area (Å²) in [5.74, 6) is -1.07. The van der Waals surface area contributed by atoms with E-state index in [4.69, 9.17) is 14.2 Å². The molecule has 3 aromatic heterocycles. The number of aliphatic carboxylic acids is 1. The van der Waals surface area contributed by atoms with E-state index in [-0.39, 0.29) is 37.5 Å². The summed E-state index contributed by atoms with van der Waals surface area (Å²) in [6.45, 7) is -0.0201. The number of ether oxygens (including phenoxy) is 3. The number of hydrogen-bond acceptors (Lipinski definition) is 13. The van der Waals surface area contributed by atoms with Gasteiger partial charge in [0.05, 0.1) is 30.4 Å². The number of amides is 2. The normalized spacial score (nSPS) is 22.0. The third-order valence-electron chi connectivity index (χ3n) is 9.94. The van der Waals surface area contributed by atoms with Gasteiger partial charge in [0.25, 0.3) is 0 Å². The molecule has 0 unspecified atom stereocenters. The number of benzene rings is 1. The lowest BCUT2D eigenvalue weighted by Crippen LogP contribution is -2.61. The van der Waals surface area contributed by atoms with Gasteiger partial charge in [0.2, 0.25) is 6.29 Å². The molecule has 2 aliphatic rings. The van der Waals surface area contributed by atoms with Gasteiger partial charge in [-0.15, -0.1) is 0 Å². The summed E-state index contributed by atoms with van der Waals surface area (Å²) in [7, 11) is 3.10. The lowest BCUT2D eigenvalue weighted by atomic mass is 9.96. The SMILES string of the molecule is CN(CCN(C)C(=O)n1ccc2c(-c3cnn([C@H](CC#N)C4CCCC4)c3)ncnc21)C(=O)OCc1ccccc1O[C@@H]1O[C@H](C(=O)O)[C@@H](O)[C@H](O)[C@H]1O. The van der Waals surface area contributed by atoms with Gasteiger partial charge >= 0.3 is 18.1 Å². The van der Waals surface area contributed by atoms with E-state index in [0.717, 1.165) is 31.2 Å². The Balaban J connectivity index is 1.05. The summed E-state index contributed by atoms with van der Waals surface area (Å²) in [5.41, 5.74) is 2.11. The van der Waals surface area contributed by atoms with Crippen LogP contribution >= 0.6 is 0 Å². The van der Waals surface area contributed by atoms with E-state index in [1.807, 2.05) is 10.9 Å². The van der Waals surface area contributed by atoms with Crippen LogP contribution in [-0.2, 0) is 20.9 Å². The molecular formula is C36H42N8O10. The summed E-state index contributed by atoms with van der Waals surface area (Å²) in [6, 6.07) is 9.96. The predicted octanol–water partition coefficient (Wildman–Crippen LogP) is 2.38. The van der Waals surface area contributed by atoms with Crippen molar-refractivity contribution in [2.75, 3.05) is 27.2 Å². The fraction of sp³-hybridized carbons (Fsp3) is 0.472. The number of nitrogens with zero attached hydrogens (tertiary/aromatic N) is 8. The van der Waals surface area contributed by atoms with Gasteiger partial charge in [-0.2, -0.15) is 10.4 Å². The molecule has 0 radical (unpaired) electrons. The van der Waals surface area contributed by atoms with E-state index in [1.165, 1.54) is 33.8 Å². The first kappa shape index (κ1) is 38.1. The number of carboxylic acid groups (broad SMARTS) is 1. The van der Waals surface area contributed by atoms with Gasteiger partial charge in [-0.25, -0.2) is 24.4 Å². The molecule has 2 fully saturated rings. The Bertz CT molecular complexity index is 2010. The van der Waals surface area contributed by atoms with Crippen LogP contribution in [0.25, 0.3) is 22.3 Å². The highest BCUT2D eigenvalue weighted by Gasteiger charge is 2.48. The Hall–Kier alpha value is -5.61. The number of carbonyl (C=O) groups excluding carboxylic acids is 2. The highest BCUT2D eigenvalue weighted by molar-refractivity contribution is 5.96. The summed E-state index contributed by atoms with van der Waals surface area (Å²) in [5, 5.41) is 54.4. The molecule has 4 aromatic rings. The molecule has 54 heavy (non-hydrogen) atoms. The van der Waals surface area contributed by atoms with Crippen molar-refractivity contribution in [3.05, 3.63) is 60.8 Å². The van der Waals surface area contributed by atoms with Crippen LogP contribution in [0.15, 0.2) is 55.2 Å². The highest BCUT2D eigenvalue weighted by Crippen LogP contribution is 2.37. The zero-order valence-corrected chi connectivity index (χ0v) is 29.7. The van der Waals surface area contributed by atoms with Crippen LogP contribution in [0.4, 0.5) is 9.59 Å². The lowest BCUT2D eigenvalue weighted by Gasteiger charge is -2.38. The maximum absolute atomic E-state index is 13.5. The quantitative estimate of drug-likeness (QED) is 0.163. The van der Waals surface area contributed by atoms with Crippen molar-refractivity contribution in [2.24, 2.45) is 5.92 Å². The molecule has 0 spiro atoms. The first-order valence-electron chi connectivity index (χ1n) is 17.5. The number of aliphatic hydroxyl groups is 3. The van der Waals surface area contributed by atoms with Gasteiger partial charge in [0.1, 0.15) is 37.0 Å². The molecule has 4 N–H and O–H groups in total. The molecule has 2 amide bonds. The number of carbonyl (C=O) groups is 3. The minimum atomic E-state index is -1.87. The fourth-order valence-electron chi connectivity index (χ4n) is 6.82. The van der Waals surface area contributed by atoms with Crippen molar-refractivity contribution in [1.29, 1.82) is 5.26 Å². The van der Waals surface area contributed by atoms with Gasteiger partial charge in [-0.1, -0.05) is 31.0 Å². The van der Waals surface area contributed by atoms with Crippen LogP contribution in [0.2, 0.25) is 0 Å². The average molecular weight is 747 g/mol. The molecule has 4 heterocycles. The van der Waals surface area contributed by atoms with Crippen LogP contribution in [0, 0.1) is 17.2 Å². The fourth-order valence-corrected chi connectivity index (χ4v) is 6.82. The predicted molar refractivity (Wildman–Crippen MR) is 188 cm³/mol. The van der Waals surface area contributed by atoms with E-state index in [1.54, 1.807) is 43.7 Å². The molecule has 1 aromatic carbocycles. The zero-order chi connectivity index (χ0) is 38.5. The molecule has 18 nitrogen and oxygen atoms in total. The smallest absolute Gasteiger partial charge is 0.409 e. The molecule has 6 rings (SSSR count). The van der Waals surface area contributed by atoms with E-state index >= 15 is 0 Å². The first-order valence-corrected chi connectivity index (χ1v) is 17.5. The molecule has 1 aliphatic heterocycles. The Morgan fingerprint density at radius 1 is 1.04 bits per heavy atom. The third-order valence-corrected chi connectivity index (χ3v) is 9.94. The number of fused-ring (bicyclic) bond motifs is 1. The van der Waals surface area contributed by atoms with Crippen LogP contribution < -0.4 is 4.74 Å². The van der Waals surface area contributed by atoms with Crippen LogP contribution in [-0.4, -0.2) is 131 Å². The van der Waals surface area contributed by atoms with Gasteiger partial charge in [-0.3, -0.25) is 9.25 Å². The summed E-state index contributed by atoms with van der Waals surface area (Å²) >= 11 is 0. The number of aromatic nitrogens is 5. The van der Waals surface area contributed by atoms with Crippen molar-refractivity contribution in [2.45, 2.75) is 75.5 Å². The number of hydrogen-bond donors (Lipinski definition) is 4. The lowest BCUT2D eigenvalue weighted by molar-refractivity contribution is -0.271. The minimum Gasteiger partial charge on any atom is -0.479 e. The maximum atomic E-state index is 13.5. The monoisotopic (exact) mass is 746 g/mol. The van der Waals surface area contributed by atoms with E-state index in [0.29, 0.717) is 34.6 Å². The zero-order valence-electron chi connectivity index (χ0n) is 29.7. The molecule has 6 atom stereocenters. The molecule has 1 saturated carbocycles. The van der Waals surface area contributed by atoms with Gasteiger partial charge in [0.15, 0.2) is 11.8 Å². The number of para-hydroxylation sites is 1. The second-order valence-electron chi connectivity index (χ2n) is 13.5. The second-order valence-corrected chi connectivity index (χ2v) is 13.5. The van der Waals surface area contributed by atoms with E-state index < -0.39 is 42.8 Å². The number of likely N-dealkylation sites (N-methyl/N-ethyl adjacent to an activating group) is 2. The average Bonchev–Trinajstić information content (AvgIpc) is 3.97. The van der Waals surface area contributed by atoms with Crippen molar-refractivity contribution in [3.8, 4) is 23.1 Å². The molecule has 0 bridgehead atoms. The summed E-state index contributed by atoms with van der Waals surface area (Å²) in [4.78, 5) is 49.5. The van der Waals surface area contributed by atoms with Crippen molar-refractivity contribution < 1.29 is 49.0 Å². The Kier molecular flexibility index (Phi) is 11.7. The Morgan fingerprint density at radius 2 is 1.78 bits per heavy atom. The minimum absolute atomic E-state index is 0.0114. The molecule has 1 aliphatic carbocycles. The van der Waals surface area contributed by atoms with Crippen molar-refractivity contribution in [3.63, 3.8) is 0 Å². The number of carboxylic acids is 1. The van der Waals surface area contributed by atoms with Gasteiger partial charge < -0.3 is 44.4 Å². The molecular weight excluding hydrogens is 704 g/mol. The Morgan fingerprint density at radius 3 is 2.52 bits per heavy atom. The van der Waals surface area contributed by atoms with Crippen molar-refractivity contribution >= 4 is 29.1 Å². The molecule has 18 heteroatoms. The molecule has 1 saturated heterocycles. The topological polar surface area (TPSA) is 239 Å². The first-order chi connectivity index (χ1) is 26.0. The second kappa shape index (κ2) is 16.6. The van der Waals surface area contributed by atoms with Crippen molar-refractivity contribution in [1.82, 2.24) is 34.1 Å².